The molecule has 0 amide bonds. The molecule has 0 radical (unpaired) electrons. The minimum Gasteiger partial charge on any atom is -0.393 e. The van der Waals surface area contributed by atoms with Crippen molar-refractivity contribution in [1.82, 2.24) is 0 Å². The highest BCUT2D eigenvalue weighted by atomic mass is 79.9. The van der Waals surface area contributed by atoms with E-state index in [1.165, 1.54) is 38.5 Å². The molecule has 2 saturated carbocycles. The number of rotatable bonds is 0. The lowest BCUT2D eigenvalue weighted by molar-refractivity contribution is 0.129. The minimum absolute atomic E-state index is 0.0593. The molecule has 3 atom stereocenters. The van der Waals surface area contributed by atoms with E-state index in [2.05, 4.69) is 31.9 Å². The number of aliphatic hydroxyl groups is 1. The van der Waals surface area contributed by atoms with Crippen molar-refractivity contribution in [2.45, 2.75) is 54.3 Å². The summed E-state index contributed by atoms with van der Waals surface area (Å²) in [6.07, 6.45) is 8.69. The smallest absolute Gasteiger partial charge is 0.0893 e. The maximum atomic E-state index is 10.0. The first-order valence-corrected chi connectivity index (χ1v) is 7.28. The molecular formula is C11H18Br2O. The predicted molar refractivity (Wildman–Crippen MR) is 65.9 cm³/mol. The number of alkyl halides is 2. The van der Waals surface area contributed by atoms with E-state index >= 15 is 0 Å². The quantitative estimate of drug-likeness (QED) is 0.671. The molecule has 0 aliphatic heterocycles. The third kappa shape index (κ3) is 2.19. The third-order valence-corrected chi connectivity index (χ3v) is 5.93. The molecule has 0 aromatic carbocycles. The van der Waals surface area contributed by atoms with Crippen molar-refractivity contribution in [2.75, 3.05) is 0 Å². The molecule has 0 aromatic rings. The fourth-order valence-electron chi connectivity index (χ4n) is 2.74. The Kier molecular flexibility index (Phi) is 3.60. The average Bonchev–Trinajstić information content (AvgIpc) is 2.67. The lowest BCUT2D eigenvalue weighted by atomic mass is 9.99. The van der Waals surface area contributed by atoms with Gasteiger partial charge in [0.05, 0.1) is 9.34 Å². The molecule has 0 saturated heterocycles. The normalized spacial score (nSPS) is 42.6. The molecule has 1 N–H and O–H groups in total. The lowest BCUT2D eigenvalue weighted by Gasteiger charge is -2.12. The zero-order valence-corrected chi connectivity index (χ0v) is 11.6. The summed E-state index contributed by atoms with van der Waals surface area (Å²) in [6, 6.07) is 0. The van der Waals surface area contributed by atoms with Gasteiger partial charge in [-0.1, -0.05) is 64.0 Å². The zero-order valence-electron chi connectivity index (χ0n) is 8.38. The van der Waals surface area contributed by atoms with Crippen LogP contribution in [0.4, 0.5) is 0 Å². The summed E-state index contributed by atoms with van der Waals surface area (Å²) >= 11 is 7.39. The largest absolute Gasteiger partial charge is 0.393 e. The fraction of sp³-hybridized carbons (Fsp3) is 1.00. The first-order chi connectivity index (χ1) is 6.64. The van der Waals surface area contributed by atoms with Crippen LogP contribution in [0.15, 0.2) is 0 Å². The number of halogens is 2. The second-order valence-electron chi connectivity index (χ2n) is 4.72. The van der Waals surface area contributed by atoms with Gasteiger partial charge in [-0.05, 0) is 18.8 Å². The van der Waals surface area contributed by atoms with E-state index in [9.17, 15) is 5.11 Å². The summed E-state index contributed by atoms with van der Waals surface area (Å²) in [4.78, 5) is 0. The third-order valence-electron chi connectivity index (χ3n) is 3.69. The first-order valence-electron chi connectivity index (χ1n) is 5.70. The van der Waals surface area contributed by atoms with Gasteiger partial charge in [0.25, 0.3) is 0 Å². The van der Waals surface area contributed by atoms with Gasteiger partial charge in [0.15, 0.2) is 0 Å². The molecule has 0 unspecified atom stereocenters. The van der Waals surface area contributed by atoms with Gasteiger partial charge in [0.2, 0.25) is 0 Å². The highest BCUT2D eigenvalue weighted by Crippen LogP contribution is 2.65. The molecular weight excluding hydrogens is 308 g/mol. The van der Waals surface area contributed by atoms with E-state index in [4.69, 9.17) is 0 Å². The summed E-state index contributed by atoms with van der Waals surface area (Å²) in [6.45, 7) is 0. The molecule has 0 spiro atoms. The Hall–Kier alpha value is 0.920. The van der Waals surface area contributed by atoms with Gasteiger partial charge in [0.1, 0.15) is 0 Å². The molecule has 82 valence electrons. The van der Waals surface area contributed by atoms with E-state index in [-0.39, 0.29) is 9.34 Å². The summed E-state index contributed by atoms with van der Waals surface area (Å²) in [5.74, 6) is 1.09. The molecule has 14 heavy (non-hydrogen) atoms. The Morgan fingerprint density at radius 1 is 0.929 bits per heavy atom. The Balaban J connectivity index is 1.96. The van der Waals surface area contributed by atoms with Crippen molar-refractivity contribution in [2.24, 2.45) is 11.8 Å². The van der Waals surface area contributed by atoms with Crippen LogP contribution in [0.2, 0.25) is 0 Å². The van der Waals surface area contributed by atoms with E-state index in [1.807, 2.05) is 0 Å². The highest BCUT2D eigenvalue weighted by Gasteiger charge is 2.63. The van der Waals surface area contributed by atoms with Gasteiger partial charge >= 0.3 is 0 Å². The van der Waals surface area contributed by atoms with Crippen LogP contribution < -0.4 is 0 Å². The zero-order chi connectivity index (χ0) is 10.2. The molecule has 2 aliphatic rings. The van der Waals surface area contributed by atoms with Gasteiger partial charge < -0.3 is 5.11 Å². The SMILES string of the molecule is O[C@@H]1CCCCCCC[C@@H]2[C@H]1C2(Br)Br. The van der Waals surface area contributed by atoms with Crippen LogP contribution in [0.3, 0.4) is 0 Å². The van der Waals surface area contributed by atoms with Crippen molar-refractivity contribution < 1.29 is 5.11 Å². The Bertz CT molecular complexity index is 205. The van der Waals surface area contributed by atoms with Crippen molar-refractivity contribution in [3.8, 4) is 0 Å². The predicted octanol–water partition coefficient (Wildman–Crippen LogP) is 3.82. The van der Waals surface area contributed by atoms with E-state index in [1.54, 1.807) is 0 Å². The second-order valence-corrected chi connectivity index (χ2v) is 8.41. The van der Waals surface area contributed by atoms with Crippen LogP contribution in [0, 0.1) is 11.8 Å². The lowest BCUT2D eigenvalue weighted by Crippen LogP contribution is -2.13. The molecule has 0 heterocycles. The Morgan fingerprint density at radius 3 is 2.21 bits per heavy atom. The monoisotopic (exact) mass is 324 g/mol. The van der Waals surface area contributed by atoms with E-state index in [0.29, 0.717) is 11.8 Å². The Labute approximate surface area is 103 Å². The Morgan fingerprint density at radius 2 is 1.50 bits per heavy atom. The van der Waals surface area contributed by atoms with Crippen molar-refractivity contribution in [3.63, 3.8) is 0 Å². The molecule has 0 aromatic heterocycles. The first kappa shape index (κ1) is 11.4. The van der Waals surface area contributed by atoms with Crippen LogP contribution in [-0.4, -0.2) is 14.4 Å². The van der Waals surface area contributed by atoms with Crippen LogP contribution >= 0.6 is 31.9 Å². The topological polar surface area (TPSA) is 20.2 Å². The van der Waals surface area contributed by atoms with Crippen molar-refractivity contribution in [1.29, 1.82) is 0 Å². The summed E-state index contributed by atoms with van der Waals surface area (Å²) < 4.78 is 0.0593. The van der Waals surface area contributed by atoms with Gasteiger partial charge in [-0.25, -0.2) is 0 Å². The van der Waals surface area contributed by atoms with Gasteiger partial charge in [-0.3, -0.25) is 0 Å². The molecule has 3 heteroatoms. The summed E-state index contributed by atoms with van der Waals surface area (Å²) in [7, 11) is 0. The van der Waals surface area contributed by atoms with Crippen LogP contribution in [0.1, 0.15) is 44.9 Å². The molecule has 2 rings (SSSR count). The fourth-order valence-corrected chi connectivity index (χ4v) is 4.75. The minimum atomic E-state index is -0.100. The number of aliphatic hydroxyl groups excluding tert-OH is 1. The molecule has 2 aliphatic carbocycles. The molecule has 1 nitrogen and oxygen atoms in total. The van der Waals surface area contributed by atoms with Gasteiger partial charge in [0, 0.05) is 5.92 Å². The molecule has 0 bridgehead atoms. The standard InChI is InChI=1S/C11H18Br2O/c12-11(13)8-6-4-2-1-3-5-7-9(14)10(8)11/h8-10,14H,1-7H2/t8-,9-,10-/m1/s1. The van der Waals surface area contributed by atoms with Gasteiger partial charge in [-0.15, -0.1) is 0 Å². The molecule has 2 fully saturated rings. The van der Waals surface area contributed by atoms with E-state index < -0.39 is 0 Å². The van der Waals surface area contributed by atoms with Gasteiger partial charge in [-0.2, -0.15) is 0 Å². The average molecular weight is 326 g/mol. The van der Waals surface area contributed by atoms with Crippen molar-refractivity contribution in [3.05, 3.63) is 0 Å². The summed E-state index contributed by atoms with van der Waals surface area (Å²) in [5, 5.41) is 10.0. The summed E-state index contributed by atoms with van der Waals surface area (Å²) in [5.41, 5.74) is 0. The van der Waals surface area contributed by atoms with Crippen LogP contribution in [0.25, 0.3) is 0 Å². The highest BCUT2D eigenvalue weighted by molar-refractivity contribution is 9.25. The number of hydrogen-bond donors (Lipinski definition) is 1. The number of fused-ring (bicyclic) bond motifs is 1. The van der Waals surface area contributed by atoms with Crippen molar-refractivity contribution >= 4 is 31.9 Å². The maximum absolute atomic E-state index is 10.0. The second kappa shape index (κ2) is 4.42. The maximum Gasteiger partial charge on any atom is 0.0893 e. The van der Waals surface area contributed by atoms with E-state index in [0.717, 1.165) is 6.42 Å². The number of hydrogen-bond acceptors (Lipinski definition) is 1. The van der Waals surface area contributed by atoms with Crippen LogP contribution in [-0.2, 0) is 0 Å². The van der Waals surface area contributed by atoms with Crippen LogP contribution in [0.5, 0.6) is 0 Å².